The average molecular weight is 473 g/mol. The second-order valence-corrected chi connectivity index (χ2v) is 8.55. The number of hydrogen-bond acceptors (Lipinski definition) is 5. The van der Waals surface area contributed by atoms with Crippen LogP contribution in [0.1, 0.15) is 38.3 Å². The van der Waals surface area contributed by atoms with Gasteiger partial charge in [0.15, 0.2) is 5.95 Å². The summed E-state index contributed by atoms with van der Waals surface area (Å²) in [5, 5.41) is 20.1. The number of aromatic nitrogens is 4. The lowest BCUT2D eigenvalue weighted by Crippen LogP contribution is -2.42. The topological polar surface area (TPSA) is 125 Å². The minimum Gasteiger partial charge on any atom is -0.480 e. The molecule has 1 amide bonds. The van der Waals surface area contributed by atoms with Crippen LogP contribution in [0.15, 0.2) is 61.1 Å². The number of carbonyl (C=O) groups excluding carboxylic acids is 1. The predicted molar refractivity (Wildman–Crippen MR) is 133 cm³/mol. The van der Waals surface area contributed by atoms with Crippen molar-refractivity contribution in [3.05, 3.63) is 94.6 Å². The molecule has 180 valence electrons. The molecule has 0 aliphatic carbocycles. The van der Waals surface area contributed by atoms with Crippen LogP contribution in [0, 0.1) is 20.8 Å². The van der Waals surface area contributed by atoms with E-state index >= 15 is 0 Å². The van der Waals surface area contributed by atoms with Crippen molar-refractivity contribution in [3.8, 4) is 5.69 Å². The van der Waals surface area contributed by atoms with E-state index in [2.05, 4.69) is 25.7 Å². The molecule has 0 spiro atoms. The molecule has 4 aromatic rings. The summed E-state index contributed by atoms with van der Waals surface area (Å²) in [6.07, 6.45) is 5.45. The van der Waals surface area contributed by atoms with Gasteiger partial charge in [0, 0.05) is 30.6 Å². The second kappa shape index (κ2) is 10.3. The summed E-state index contributed by atoms with van der Waals surface area (Å²) in [7, 11) is 0. The van der Waals surface area contributed by atoms with Crippen LogP contribution < -0.4 is 10.6 Å². The molecule has 9 heteroatoms. The average Bonchev–Trinajstić information content (AvgIpc) is 3.49. The molecule has 35 heavy (non-hydrogen) atoms. The number of aryl methyl sites for hydroxylation is 3. The van der Waals surface area contributed by atoms with E-state index in [9.17, 15) is 14.7 Å². The molecule has 4 rings (SSSR count). The van der Waals surface area contributed by atoms with Crippen molar-refractivity contribution >= 4 is 17.8 Å². The molecular weight excluding hydrogens is 444 g/mol. The van der Waals surface area contributed by atoms with Gasteiger partial charge in [-0.3, -0.25) is 4.79 Å². The number of carboxylic acid groups (broad SMARTS) is 1. The zero-order valence-corrected chi connectivity index (χ0v) is 19.9. The fraction of sp³-hybridized carbons (Fsp3) is 0.231. The number of H-pyrrole nitrogens is 1. The molecule has 2 heterocycles. The summed E-state index contributed by atoms with van der Waals surface area (Å²) < 4.78 is 1.75. The Morgan fingerprint density at radius 1 is 1.09 bits per heavy atom. The van der Waals surface area contributed by atoms with Crippen molar-refractivity contribution in [2.75, 3.05) is 5.32 Å². The smallest absolute Gasteiger partial charge is 0.326 e. The Morgan fingerprint density at radius 2 is 1.80 bits per heavy atom. The lowest BCUT2D eigenvalue weighted by atomic mass is 9.98. The molecule has 0 fully saturated rings. The zero-order valence-electron chi connectivity index (χ0n) is 19.9. The number of hydrogen-bond donors (Lipinski definition) is 4. The predicted octanol–water partition coefficient (Wildman–Crippen LogP) is 3.56. The van der Waals surface area contributed by atoms with Crippen LogP contribution in [0.5, 0.6) is 0 Å². The quantitative estimate of drug-likeness (QED) is 0.295. The monoisotopic (exact) mass is 472 g/mol. The summed E-state index contributed by atoms with van der Waals surface area (Å²) >= 11 is 0. The molecule has 0 aliphatic rings. The Morgan fingerprint density at radius 3 is 2.43 bits per heavy atom. The Kier molecular flexibility index (Phi) is 6.96. The molecule has 0 bridgehead atoms. The van der Waals surface area contributed by atoms with Crippen molar-refractivity contribution in [3.63, 3.8) is 0 Å². The summed E-state index contributed by atoms with van der Waals surface area (Å²) in [5.74, 6) is -0.779. The lowest BCUT2D eigenvalue weighted by Gasteiger charge is -2.17. The number of amides is 1. The maximum atomic E-state index is 12.9. The molecule has 1 atom stereocenters. The molecule has 2 aromatic heterocycles. The maximum Gasteiger partial charge on any atom is 0.326 e. The van der Waals surface area contributed by atoms with Gasteiger partial charge in [-0.1, -0.05) is 29.8 Å². The van der Waals surface area contributed by atoms with Gasteiger partial charge in [0.1, 0.15) is 6.04 Å². The Labute approximate surface area is 203 Å². The van der Waals surface area contributed by atoms with Crippen molar-refractivity contribution in [2.24, 2.45) is 0 Å². The molecule has 0 saturated heterocycles. The summed E-state index contributed by atoms with van der Waals surface area (Å²) in [6.45, 7) is 6.21. The maximum absolute atomic E-state index is 12.9. The van der Waals surface area contributed by atoms with E-state index in [0.717, 1.165) is 33.6 Å². The number of nitrogens with one attached hydrogen (secondary N) is 3. The van der Waals surface area contributed by atoms with E-state index in [1.165, 1.54) is 0 Å². The van der Waals surface area contributed by atoms with Crippen LogP contribution >= 0.6 is 0 Å². The Balaban J connectivity index is 1.41. The summed E-state index contributed by atoms with van der Waals surface area (Å²) in [4.78, 5) is 31.9. The van der Waals surface area contributed by atoms with Crippen molar-refractivity contribution < 1.29 is 14.7 Å². The number of imidazole rings is 1. The standard InChI is InChI=1S/C26H28N6O3/c1-16-12-17(2)23(18(3)13-16)24(33)30-22(25(34)35)14-19-4-6-21(7-5-19)32-11-8-20(31-32)15-29-26-27-9-10-28-26/h4-13,22H,14-15H2,1-3H3,(H,30,33)(H,34,35)(H2,27,28,29). The molecule has 9 nitrogen and oxygen atoms in total. The van der Waals surface area contributed by atoms with Gasteiger partial charge in [0.25, 0.3) is 5.91 Å². The first-order valence-corrected chi connectivity index (χ1v) is 11.3. The number of benzene rings is 2. The van der Waals surface area contributed by atoms with Gasteiger partial charge in [0.2, 0.25) is 0 Å². The minimum absolute atomic E-state index is 0.169. The first kappa shape index (κ1) is 23.7. The molecule has 4 N–H and O–H groups in total. The largest absolute Gasteiger partial charge is 0.480 e. The molecule has 0 aliphatic heterocycles. The molecule has 1 unspecified atom stereocenters. The summed E-state index contributed by atoms with van der Waals surface area (Å²) in [6, 6.07) is 12.2. The van der Waals surface area contributed by atoms with Gasteiger partial charge in [-0.25, -0.2) is 14.5 Å². The van der Waals surface area contributed by atoms with Crippen LogP contribution in [0.25, 0.3) is 5.69 Å². The van der Waals surface area contributed by atoms with E-state index in [-0.39, 0.29) is 12.3 Å². The number of aromatic amines is 1. The number of nitrogens with zero attached hydrogens (tertiary/aromatic N) is 3. The van der Waals surface area contributed by atoms with Crippen LogP contribution in [-0.4, -0.2) is 42.8 Å². The van der Waals surface area contributed by atoms with Crippen molar-refractivity contribution in [2.45, 2.75) is 39.8 Å². The van der Waals surface area contributed by atoms with Crippen LogP contribution in [-0.2, 0) is 17.8 Å². The highest BCUT2D eigenvalue weighted by molar-refractivity contribution is 5.99. The fourth-order valence-electron chi connectivity index (χ4n) is 4.13. The highest BCUT2D eigenvalue weighted by Crippen LogP contribution is 2.17. The van der Waals surface area contributed by atoms with E-state index in [1.54, 1.807) is 17.1 Å². The normalized spacial score (nSPS) is 11.7. The number of anilines is 1. The fourth-order valence-corrected chi connectivity index (χ4v) is 4.13. The number of rotatable bonds is 9. The Hall–Kier alpha value is -4.40. The number of aliphatic carboxylic acids is 1. The number of carboxylic acids is 1. The first-order chi connectivity index (χ1) is 16.8. The van der Waals surface area contributed by atoms with E-state index in [4.69, 9.17) is 0 Å². The third-order valence-corrected chi connectivity index (χ3v) is 5.73. The van der Waals surface area contributed by atoms with Gasteiger partial charge in [0.05, 0.1) is 17.9 Å². The van der Waals surface area contributed by atoms with E-state index in [0.29, 0.717) is 18.1 Å². The molecule has 0 radical (unpaired) electrons. The molecule has 0 saturated carbocycles. The van der Waals surface area contributed by atoms with Gasteiger partial charge in [-0.15, -0.1) is 0 Å². The summed E-state index contributed by atoms with van der Waals surface area (Å²) in [5.41, 5.74) is 5.72. The van der Waals surface area contributed by atoms with E-state index in [1.807, 2.05) is 69.4 Å². The minimum atomic E-state index is -1.08. The van der Waals surface area contributed by atoms with Crippen LogP contribution in [0.4, 0.5) is 5.95 Å². The second-order valence-electron chi connectivity index (χ2n) is 8.55. The van der Waals surface area contributed by atoms with Gasteiger partial charge in [-0.2, -0.15) is 5.10 Å². The van der Waals surface area contributed by atoms with Gasteiger partial charge < -0.3 is 20.7 Å². The van der Waals surface area contributed by atoms with Crippen molar-refractivity contribution in [1.29, 1.82) is 0 Å². The Bertz CT molecular complexity index is 1300. The third-order valence-electron chi connectivity index (χ3n) is 5.73. The highest BCUT2D eigenvalue weighted by atomic mass is 16.4. The van der Waals surface area contributed by atoms with Crippen molar-refractivity contribution in [1.82, 2.24) is 25.1 Å². The molecule has 2 aromatic carbocycles. The molecular formula is C26H28N6O3. The van der Waals surface area contributed by atoms with Crippen LogP contribution in [0.3, 0.4) is 0 Å². The van der Waals surface area contributed by atoms with E-state index < -0.39 is 12.0 Å². The third kappa shape index (κ3) is 5.75. The zero-order chi connectivity index (χ0) is 24.9. The highest BCUT2D eigenvalue weighted by Gasteiger charge is 2.23. The SMILES string of the molecule is Cc1cc(C)c(C(=O)NC(Cc2ccc(-n3ccc(CNc4ncc[nH]4)n3)cc2)C(=O)O)c(C)c1. The lowest BCUT2D eigenvalue weighted by molar-refractivity contribution is -0.139. The first-order valence-electron chi connectivity index (χ1n) is 11.3. The number of carbonyl (C=O) groups is 2. The van der Waals surface area contributed by atoms with Crippen LogP contribution in [0.2, 0.25) is 0 Å². The van der Waals surface area contributed by atoms with Gasteiger partial charge in [-0.05, 0) is 55.7 Å². The van der Waals surface area contributed by atoms with Gasteiger partial charge >= 0.3 is 5.97 Å².